The van der Waals surface area contributed by atoms with E-state index in [1.807, 2.05) is 5.38 Å². The van der Waals surface area contributed by atoms with E-state index in [1.54, 1.807) is 10.4 Å². The number of rotatable bonds is 6. The summed E-state index contributed by atoms with van der Waals surface area (Å²) in [7, 11) is -3.39. The summed E-state index contributed by atoms with van der Waals surface area (Å²) in [5.41, 5.74) is 6.41. The van der Waals surface area contributed by atoms with E-state index in [1.165, 1.54) is 11.3 Å². The molecule has 5 nitrogen and oxygen atoms in total. The topological polar surface area (TPSA) is 72.6 Å². The average molecular weight is 318 g/mol. The maximum atomic E-state index is 12.6. The van der Waals surface area contributed by atoms with Gasteiger partial charge in [-0.1, -0.05) is 6.92 Å². The number of thiophene rings is 1. The average Bonchev–Trinajstić information content (AvgIpc) is 2.95. The Morgan fingerprint density at radius 3 is 3.00 bits per heavy atom. The van der Waals surface area contributed by atoms with E-state index in [0.717, 1.165) is 24.8 Å². The van der Waals surface area contributed by atoms with Crippen molar-refractivity contribution >= 4 is 21.4 Å². The quantitative estimate of drug-likeness (QED) is 0.868. The zero-order chi connectivity index (χ0) is 14.6. The van der Waals surface area contributed by atoms with E-state index in [0.29, 0.717) is 30.5 Å². The molecular formula is C13H22N2O3S2. The van der Waals surface area contributed by atoms with Crippen molar-refractivity contribution in [3.05, 3.63) is 17.0 Å². The lowest BCUT2D eigenvalue weighted by Gasteiger charge is -2.31. The number of hydrogen-bond donors (Lipinski definition) is 1. The molecule has 20 heavy (non-hydrogen) atoms. The molecule has 2 rings (SSSR count). The second kappa shape index (κ2) is 7.00. The highest BCUT2D eigenvalue weighted by molar-refractivity contribution is 7.91. The van der Waals surface area contributed by atoms with Crippen molar-refractivity contribution in [1.82, 2.24) is 4.31 Å². The molecule has 1 aromatic rings. The first-order chi connectivity index (χ1) is 9.57. The van der Waals surface area contributed by atoms with E-state index in [2.05, 4.69) is 6.92 Å². The minimum atomic E-state index is -3.39. The van der Waals surface area contributed by atoms with Gasteiger partial charge in [0.15, 0.2) is 0 Å². The number of ether oxygens (including phenoxy) is 1. The third-order valence-electron chi connectivity index (χ3n) is 3.36. The van der Waals surface area contributed by atoms with Crippen LogP contribution in [0.1, 0.15) is 31.7 Å². The van der Waals surface area contributed by atoms with Crippen LogP contribution in [0.2, 0.25) is 0 Å². The summed E-state index contributed by atoms with van der Waals surface area (Å²) >= 11 is 1.24. The van der Waals surface area contributed by atoms with Crippen molar-refractivity contribution in [3.63, 3.8) is 0 Å². The molecule has 1 aliphatic rings. The lowest BCUT2D eigenvalue weighted by molar-refractivity contribution is 0.0194. The second-order valence-electron chi connectivity index (χ2n) is 4.98. The summed E-state index contributed by atoms with van der Waals surface area (Å²) < 4.78 is 32.8. The minimum absolute atomic E-state index is 0.0208. The Kier molecular flexibility index (Phi) is 5.57. The zero-order valence-corrected chi connectivity index (χ0v) is 13.4. The largest absolute Gasteiger partial charge is 0.377 e. The Hall–Kier alpha value is -0.470. The van der Waals surface area contributed by atoms with Crippen LogP contribution in [0.15, 0.2) is 15.7 Å². The van der Waals surface area contributed by atoms with E-state index < -0.39 is 10.0 Å². The number of nitrogens with two attached hydrogens (primary N) is 1. The van der Waals surface area contributed by atoms with Gasteiger partial charge in [-0.15, -0.1) is 11.3 Å². The Bertz CT molecular complexity index is 527. The molecule has 114 valence electrons. The van der Waals surface area contributed by atoms with E-state index in [9.17, 15) is 8.42 Å². The highest BCUT2D eigenvalue weighted by Gasteiger charge is 2.31. The molecule has 1 unspecified atom stereocenters. The third-order valence-corrected chi connectivity index (χ3v) is 6.69. The van der Waals surface area contributed by atoms with Crippen LogP contribution in [0.25, 0.3) is 0 Å². The van der Waals surface area contributed by atoms with Gasteiger partial charge in [0.1, 0.15) is 4.21 Å². The molecule has 1 fully saturated rings. The molecule has 2 heterocycles. The van der Waals surface area contributed by atoms with Gasteiger partial charge in [0, 0.05) is 26.2 Å². The highest BCUT2D eigenvalue weighted by atomic mass is 32.2. The smallest absolute Gasteiger partial charge is 0.252 e. The first kappa shape index (κ1) is 15.9. The molecule has 7 heteroatoms. The lowest BCUT2D eigenvalue weighted by Crippen LogP contribution is -2.43. The van der Waals surface area contributed by atoms with E-state index in [-0.39, 0.29) is 6.10 Å². The minimum Gasteiger partial charge on any atom is -0.377 e. The fourth-order valence-electron chi connectivity index (χ4n) is 2.27. The SMILES string of the molecule is CCCOC1CCCN(S(=O)(=O)c2cc(CN)cs2)C1. The van der Waals surface area contributed by atoms with Gasteiger partial charge in [0.25, 0.3) is 10.0 Å². The van der Waals surface area contributed by atoms with Crippen LogP contribution in [-0.4, -0.2) is 38.5 Å². The van der Waals surface area contributed by atoms with Gasteiger partial charge >= 0.3 is 0 Å². The van der Waals surface area contributed by atoms with Crippen LogP contribution < -0.4 is 5.73 Å². The maximum Gasteiger partial charge on any atom is 0.252 e. The Morgan fingerprint density at radius 1 is 1.55 bits per heavy atom. The number of sulfonamides is 1. The molecule has 0 spiro atoms. The maximum absolute atomic E-state index is 12.6. The van der Waals surface area contributed by atoms with Gasteiger partial charge in [-0.3, -0.25) is 0 Å². The van der Waals surface area contributed by atoms with Gasteiger partial charge in [-0.25, -0.2) is 8.42 Å². The first-order valence-electron chi connectivity index (χ1n) is 6.97. The normalized spacial score (nSPS) is 21.2. The molecule has 0 aromatic carbocycles. The molecule has 1 aromatic heterocycles. The molecular weight excluding hydrogens is 296 g/mol. The summed E-state index contributed by atoms with van der Waals surface area (Å²) in [6.07, 6.45) is 2.76. The third kappa shape index (κ3) is 3.59. The molecule has 0 amide bonds. The first-order valence-corrected chi connectivity index (χ1v) is 9.29. The Morgan fingerprint density at radius 2 is 2.35 bits per heavy atom. The molecule has 1 atom stereocenters. The van der Waals surface area contributed by atoms with Gasteiger partial charge in [-0.05, 0) is 36.3 Å². The van der Waals surface area contributed by atoms with Gasteiger partial charge in [0.05, 0.1) is 6.10 Å². The molecule has 0 saturated carbocycles. The van der Waals surface area contributed by atoms with Crippen LogP contribution in [0.4, 0.5) is 0 Å². The monoisotopic (exact) mass is 318 g/mol. The zero-order valence-electron chi connectivity index (χ0n) is 11.7. The van der Waals surface area contributed by atoms with Crippen molar-refractivity contribution in [2.75, 3.05) is 19.7 Å². The van der Waals surface area contributed by atoms with Crippen molar-refractivity contribution in [1.29, 1.82) is 0 Å². The number of nitrogens with zero attached hydrogens (tertiary/aromatic N) is 1. The van der Waals surface area contributed by atoms with Crippen molar-refractivity contribution in [2.24, 2.45) is 5.73 Å². The predicted molar refractivity (Wildman–Crippen MR) is 80.2 cm³/mol. The van der Waals surface area contributed by atoms with Crippen LogP contribution >= 0.6 is 11.3 Å². The highest BCUT2D eigenvalue weighted by Crippen LogP contribution is 2.26. The fourth-order valence-corrected chi connectivity index (χ4v) is 5.15. The van der Waals surface area contributed by atoms with Crippen molar-refractivity contribution in [2.45, 2.75) is 43.0 Å². The molecule has 1 saturated heterocycles. The second-order valence-corrected chi connectivity index (χ2v) is 8.05. The molecule has 2 N–H and O–H groups in total. The van der Waals surface area contributed by atoms with Gasteiger partial charge in [0.2, 0.25) is 0 Å². The van der Waals surface area contributed by atoms with Crippen molar-refractivity contribution in [3.8, 4) is 0 Å². The van der Waals surface area contributed by atoms with Crippen LogP contribution in [0, 0.1) is 0 Å². The van der Waals surface area contributed by atoms with E-state index >= 15 is 0 Å². The predicted octanol–water partition coefficient (Wildman–Crippen LogP) is 1.79. The molecule has 0 bridgehead atoms. The van der Waals surface area contributed by atoms with Crippen LogP contribution in [0.5, 0.6) is 0 Å². The Balaban J connectivity index is 2.08. The molecule has 1 aliphatic heterocycles. The summed E-state index contributed by atoms with van der Waals surface area (Å²) in [6.45, 7) is 4.14. The number of piperidine rings is 1. The molecule has 0 aliphatic carbocycles. The number of hydrogen-bond acceptors (Lipinski definition) is 5. The lowest BCUT2D eigenvalue weighted by atomic mass is 10.1. The summed E-state index contributed by atoms with van der Waals surface area (Å²) in [6, 6.07) is 1.68. The standard InChI is InChI=1S/C13H22N2O3S2/c1-2-6-18-12-4-3-5-15(9-12)20(16,17)13-7-11(8-14)10-19-13/h7,10,12H,2-6,8-9,14H2,1H3. The van der Waals surface area contributed by atoms with E-state index in [4.69, 9.17) is 10.5 Å². The fraction of sp³-hybridized carbons (Fsp3) is 0.692. The summed E-state index contributed by atoms with van der Waals surface area (Å²) in [5, 5.41) is 1.81. The van der Waals surface area contributed by atoms with Gasteiger partial charge < -0.3 is 10.5 Å². The van der Waals surface area contributed by atoms with Crippen LogP contribution in [0.3, 0.4) is 0 Å². The van der Waals surface area contributed by atoms with Gasteiger partial charge in [-0.2, -0.15) is 4.31 Å². The summed E-state index contributed by atoms with van der Waals surface area (Å²) in [4.78, 5) is 0. The van der Waals surface area contributed by atoms with Crippen LogP contribution in [-0.2, 0) is 21.3 Å². The molecule has 0 radical (unpaired) electrons. The summed E-state index contributed by atoms with van der Waals surface area (Å²) in [5.74, 6) is 0. The van der Waals surface area contributed by atoms with Crippen molar-refractivity contribution < 1.29 is 13.2 Å². The Labute approximate surface area is 124 Å².